The average molecular weight is 271 g/mol. The summed E-state index contributed by atoms with van der Waals surface area (Å²) in [6, 6.07) is 7.57. The summed E-state index contributed by atoms with van der Waals surface area (Å²) < 4.78 is 1.94. The third-order valence-electron chi connectivity index (χ3n) is 3.51. The molecule has 106 valence electrons. The number of hydrogen-bond donors (Lipinski definition) is 1. The van der Waals surface area contributed by atoms with E-state index in [0.29, 0.717) is 0 Å². The second-order valence-corrected chi connectivity index (χ2v) is 4.94. The van der Waals surface area contributed by atoms with E-state index in [2.05, 4.69) is 24.3 Å². The fourth-order valence-electron chi connectivity index (χ4n) is 2.27. The van der Waals surface area contributed by atoms with Gasteiger partial charge in [0.1, 0.15) is 0 Å². The van der Waals surface area contributed by atoms with Crippen molar-refractivity contribution in [3.63, 3.8) is 0 Å². The minimum atomic E-state index is 0.0813. The number of aromatic nitrogens is 2. The van der Waals surface area contributed by atoms with E-state index in [4.69, 9.17) is 0 Å². The molecule has 0 bridgehead atoms. The van der Waals surface area contributed by atoms with Crippen LogP contribution in [0.3, 0.4) is 0 Å². The highest BCUT2D eigenvalue weighted by Crippen LogP contribution is 2.18. The Balaban J connectivity index is 2.35. The van der Waals surface area contributed by atoms with Crippen LogP contribution in [-0.2, 0) is 6.54 Å². The molecule has 20 heavy (non-hydrogen) atoms. The predicted molar refractivity (Wildman–Crippen MR) is 80.4 cm³/mol. The van der Waals surface area contributed by atoms with Gasteiger partial charge in [0.25, 0.3) is 0 Å². The van der Waals surface area contributed by atoms with Crippen molar-refractivity contribution in [1.82, 2.24) is 15.1 Å². The number of aryl methyl sites for hydroxylation is 1. The fourth-order valence-corrected chi connectivity index (χ4v) is 2.27. The Morgan fingerprint density at radius 2 is 1.90 bits per heavy atom. The van der Waals surface area contributed by atoms with E-state index in [0.717, 1.165) is 35.7 Å². The van der Waals surface area contributed by atoms with Crippen LogP contribution in [0.5, 0.6) is 0 Å². The van der Waals surface area contributed by atoms with Gasteiger partial charge in [0, 0.05) is 23.4 Å². The van der Waals surface area contributed by atoms with Crippen molar-refractivity contribution in [2.45, 2.75) is 34.2 Å². The van der Waals surface area contributed by atoms with Crippen molar-refractivity contribution < 1.29 is 4.79 Å². The molecule has 0 saturated heterocycles. The Morgan fingerprint density at radius 1 is 1.25 bits per heavy atom. The van der Waals surface area contributed by atoms with Gasteiger partial charge in [-0.1, -0.05) is 6.92 Å². The van der Waals surface area contributed by atoms with Gasteiger partial charge in [-0.15, -0.1) is 0 Å². The summed E-state index contributed by atoms with van der Waals surface area (Å²) >= 11 is 0. The lowest BCUT2D eigenvalue weighted by atomic mass is 10.1. The molecule has 4 heteroatoms. The highest BCUT2D eigenvalue weighted by molar-refractivity contribution is 5.94. The molecular weight excluding hydrogens is 250 g/mol. The molecule has 0 atom stereocenters. The first-order valence-corrected chi connectivity index (χ1v) is 6.91. The normalized spacial score (nSPS) is 10.8. The van der Waals surface area contributed by atoms with Crippen molar-refractivity contribution >= 4 is 5.78 Å². The third kappa shape index (κ3) is 2.80. The molecule has 0 unspecified atom stereocenters. The Labute approximate surface area is 119 Å². The van der Waals surface area contributed by atoms with Crippen LogP contribution < -0.4 is 5.32 Å². The highest BCUT2D eigenvalue weighted by Gasteiger charge is 2.12. The third-order valence-corrected chi connectivity index (χ3v) is 3.51. The van der Waals surface area contributed by atoms with Crippen LogP contribution in [0.15, 0.2) is 24.3 Å². The van der Waals surface area contributed by atoms with Crippen molar-refractivity contribution in [1.29, 1.82) is 0 Å². The summed E-state index contributed by atoms with van der Waals surface area (Å²) in [6.45, 7) is 9.55. The monoisotopic (exact) mass is 271 g/mol. The van der Waals surface area contributed by atoms with Gasteiger partial charge >= 0.3 is 0 Å². The van der Waals surface area contributed by atoms with Gasteiger partial charge in [-0.05, 0) is 51.6 Å². The van der Waals surface area contributed by atoms with Gasteiger partial charge in [0.2, 0.25) is 0 Å². The van der Waals surface area contributed by atoms with Crippen LogP contribution in [0.1, 0.15) is 41.2 Å². The number of nitrogens with one attached hydrogen (secondary N) is 1. The van der Waals surface area contributed by atoms with Gasteiger partial charge in [-0.3, -0.25) is 4.79 Å². The van der Waals surface area contributed by atoms with Crippen LogP contribution in [0.4, 0.5) is 0 Å². The molecule has 1 aromatic carbocycles. The minimum Gasteiger partial charge on any atom is -0.313 e. The summed E-state index contributed by atoms with van der Waals surface area (Å²) in [5, 5.41) is 7.94. The molecule has 0 saturated carbocycles. The maximum absolute atomic E-state index is 11.3. The fraction of sp³-hybridized carbons (Fsp3) is 0.375. The SMILES string of the molecule is CCNCc1c(C)nn(-c2ccc(C(C)=O)cc2)c1C. The topological polar surface area (TPSA) is 46.9 Å². The van der Waals surface area contributed by atoms with Crippen LogP contribution in [0.2, 0.25) is 0 Å². The number of benzene rings is 1. The van der Waals surface area contributed by atoms with Crippen LogP contribution >= 0.6 is 0 Å². The second-order valence-electron chi connectivity index (χ2n) is 4.94. The first kappa shape index (κ1) is 14.5. The summed E-state index contributed by atoms with van der Waals surface area (Å²) in [5.74, 6) is 0.0813. The molecular formula is C16H21N3O. The molecule has 2 rings (SSSR count). The number of Topliss-reactive ketones (excluding diaryl/α,β-unsaturated/α-hetero) is 1. The Morgan fingerprint density at radius 3 is 2.45 bits per heavy atom. The lowest BCUT2D eigenvalue weighted by molar-refractivity contribution is 0.101. The van der Waals surface area contributed by atoms with Gasteiger partial charge < -0.3 is 5.32 Å². The Hall–Kier alpha value is -1.94. The van der Waals surface area contributed by atoms with E-state index in [-0.39, 0.29) is 5.78 Å². The van der Waals surface area contributed by atoms with E-state index in [9.17, 15) is 4.79 Å². The largest absolute Gasteiger partial charge is 0.313 e. The number of nitrogens with zero attached hydrogens (tertiary/aromatic N) is 2. The first-order chi connectivity index (χ1) is 9.54. The number of rotatable bonds is 5. The molecule has 2 aromatic rings. The molecule has 4 nitrogen and oxygen atoms in total. The zero-order chi connectivity index (χ0) is 14.7. The summed E-state index contributed by atoms with van der Waals surface area (Å²) in [5.41, 5.74) is 5.13. The predicted octanol–water partition coefficient (Wildman–Crippen LogP) is 2.80. The van der Waals surface area contributed by atoms with Crippen molar-refractivity contribution in [2.75, 3.05) is 6.54 Å². The lowest BCUT2D eigenvalue weighted by Gasteiger charge is -2.06. The molecule has 1 aromatic heterocycles. The summed E-state index contributed by atoms with van der Waals surface area (Å²) in [7, 11) is 0. The molecule has 0 aliphatic carbocycles. The minimum absolute atomic E-state index is 0.0813. The van der Waals surface area contributed by atoms with Gasteiger partial charge in [0.05, 0.1) is 11.4 Å². The zero-order valence-corrected chi connectivity index (χ0v) is 12.5. The number of carbonyl (C=O) groups excluding carboxylic acids is 1. The molecule has 0 amide bonds. The first-order valence-electron chi connectivity index (χ1n) is 6.91. The summed E-state index contributed by atoms with van der Waals surface area (Å²) in [4.78, 5) is 11.3. The molecule has 0 aliphatic rings. The van der Waals surface area contributed by atoms with Crippen molar-refractivity contribution in [2.24, 2.45) is 0 Å². The molecule has 0 radical (unpaired) electrons. The van der Waals surface area contributed by atoms with E-state index in [1.165, 1.54) is 5.56 Å². The van der Waals surface area contributed by atoms with Crippen molar-refractivity contribution in [3.8, 4) is 5.69 Å². The van der Waals surface area contributed by atoms with Gasteiger partial charge in [-0.2, -0.15) is 5.10 Å². The molecule has 0 aliphatic heterocycles. The number of hydrogen-bond acceptors (Lipinski definition) is 3. The molecule has 0 fully saturated rings. The maximum atomic E-state index is 11.3. The van der Waals surface area contributed by atoms with Gasteiger partial charge in [-0.25, -0.2) is 4.68 Å². The quantitative estimate of drug-likeness (QED) is 0.851. The highest BCUT2D eigenvalue weighted by atomic mass is 16.1. The van der Waals surface area contributed by atoms with E-state index in [1.54, 1.807) is 6.92 Å². The molecule has 0 spiro atoms. The Bertz CT molecular complexity index is 611. The zero-order valence-electron chi connectivity index (χ0n) is 12.5. The maximum Gasteiger partial charge on any atom is 0.159 e. The standard InChI is InChI=1S/C16H21N3O/c1-5-17-10-16-11(2)18-19(12(16)3)15-8-6-14(7-9-15)13(4)20/h6-9,17H,5,10H2,1-4H3. The van der Waals surface area contributed by atoms with Crippen molar-refractivity contribution in [3.05, 3.63) is 46.8 Å². The Kier molecular flexibility index (Phi) is 4.35. The second kappa shape index (κ2) is 6.01. The number of carbonyl (C=O) groups is 1. The van der Waals surface area contributed by atoms with E-state index >= 15 is 0 Å². The van der Waals surface area contributed by atoms with Crippen LogP contribution in [-0.4, -0.2) is 22.1 Å². The smallest absolute Gasteiger partial charge is 0.159 e. The average Bonchev–Trinajstić information content (AvgIpc) is 2.72. The molecule has 1 N–H and O–H groups in total. The van der Waals surface area contributed by atoms with Crippen LogP contribution in [0, 0.1) is 13.8 Å². The lowest BCUT2D eigenvalue weighted by Crippen LogP contribution is -2.13. The summed E-state index contributed by atoms with van der Waals surface area (Å²) in [6.07, 6.45) is 0. The van der Waals surface area contributed by atoms with Crippen LogP contribution in [0.25, 0.3) is 5.69 Å². The van der Waals surface area contributed by atoms with E-state index in [1.807, 2.05) is 35.9 Å². The molecule has 1 heterocycles. The van der Waals surface area contributed by atoms with E-state index < -0.39 is 0 Å². The number of ketones is 1. The van der Waals surface area contributed by atoms with Gasteiger partial charge in [0.15, 0.2) is 5.78 Å².